The van der Waals surface area contributed by atoms with Crippen molar-refractivity contribution in [3.63, 3.8) is 0 Å². The van der Waals surface area contributed by atoms with Gasteiger partial charge in [0.25, 0.3) is 0 Å². The summed E-state index contributed by atoms with van der Waals surface area (Å²) in [6.07, 6.45) is -1.24. The summed E-state index contributed by atoms with van der Waals surface area (Å²) in [7, 11) is -4.07. The molecule has 0 aromatic carbocycles. The van der Waals surface area contributed by atoms with Gasteiger partial charge >= 0.3 is 12.2 Å². The van der Waals surface area contributed by atoms with Crippen LogP contribution in [-0.4, -0.2) is 25.0 Å². The average molecular weight is 474 g/mol. The lowest BCUT2D eigenvalue weighted by Gasteiger charge is -2.19. The number of amides is 2. The highest BCUT2D eigenvalue weighted by atomic mass is 32.2. The van der Waals surface area contributed by atoms with E-state index < -0.39 is 38.7 Å². The van der Waals surface area contributed by atoms with Crippen molar-refractivity contribution in [2.45, 2.75) is 69.1 Å². The van der Waals surface area contributed by atoms with Gasteiger partial charge in [0.15, 0.2) is 15.7 Å². The number of carbonyl (C=O) groups excluding carboxylic acids is 1. The number of nitrogens with two attached hydrogens (primary N) is 1. The molecule has 3 N–H and O–H groups in total. The molecule has 0 radical (unpaired) electrons. The summed E-state index contributed by atoms with van der Waals surface area (Å²) in [5, 5.41) is 11.1. The number of hydrogen-bond acceptors (Lipinski definition) is 4. The summed E-state index contributed by atoms with van der Waals surface area (Å²) in [6, 6.07) is -1.49. The number of rotatable bonds is 4. The molecule has 2 amide bonds. The summed E-state index contributed by atoms with van der Waals surface area (Å²) >= 11 is 0. The van der Waals surface area contributed by atoms with Crippen molar-refractivity contribution in [1.82, 2.24) is 14.8 Å². The van der Waals surface area contributed by atoms with Gasteiger partial charge in [0.1, 0.15) is 5.69 Å². The van der Waals surface area contributed by atoms with Gasteiger partial charge in [0.2, 0.25) is 5.03 Å². The summed E-state index contributed by atoms with van der Waals surface area (Å²) in [4.78, 5) is 16.5. The van der Waals surface area contributed by atoms with Crippen molar-refractivity contribution < 1.29 is 26.6 Å². The minimum absolute atomic E-state index is 0.000503. The van der Waals surface area contributed by atoms with E-state index in [4.69, 9.17) is 5.14 Å². The van der Waals surface area contributed by atoms with E-state index in [0.29, 0.717) is 37.7 Å². The molecular formula is C19H22F4N6O2S. The summed E-state index contributed by atoms with van der Waals surface area (Å²) in [5.41, 5.74) is -0.319. The molecule has 1 saturated carbocycles. The maximum atomic E-state index is 14.2. The Hall–Kier alpha value is -2.54. The van der Waals surface area contributed by atoms with Crippen molar-refractivity contribution in [2.24, 2.45) is 9.50 Å². The van der Waals surface area contributed by atoms with Crippen molar-refractivity contribution in [2.75, 3.05) is 5.32 Å². The maximum Gasteiger partial charge on any atom is 0.433 e. The zero-order chi connectivity index (χ0) is 23.4. The van der Waals surface area contributed by atoms with Crippen LogP contribution in [0.25, 0.3) is 0 Å². The van der Waals surface area contributed by atoms with Crippen LogP contribution < -0.4 is 10.5 Å². The molecule has 2 aliphatic rings. The quantitative estimate of drug-likeness (QED) is 0.642. The highest BCUT2D eigenvalue weighted by Gasteiger charge is 2.43. The lowest BCUT2D eigenvalue weighted by molar-refractivity contribution is -0.141. The van der Waals surface area contributed by atoms with Crippen LogP contribution in [0, 0.1) is 5.82 Å². The number of fused-ring (bicyclic) bond motifs is 1. The maximum absolute atomic E-state index is 14.2. The molecule has 13 heteroatoms. The molecule has 0 bridgehead atoms. The van der Waals surface area contributed by atoms with E-state index in [1.165, 1.54) is 4.68 Å². The van der Waals surface area contributed by atoms with Crippen LogP contribution in [0.3, 0.4) is 0 Å². The number of aromatic nitrogens is 3. The molecule has 2 aromatic rings. The number of alkyl halides is 3. The van der Waals surface area contributed by atoms with Gasteiger partial charge in [-0.1, -0.05) is 0 Å². The van der Waals surface area contributed by atoms with Crippen LogP contribution in [0.5, 0.6) is 0 Å². The fourth-order valence-corrected chi connectivity index (χ4v) is 4.76. The molecule has 2 heterocycles. The number of nitrogens with zero attached hydrogens (tertiary/aromatic N) is 4. The first-order valence-corrected chi connectivity index (χ1v) is 11.7. The topological polar surface area (TPSA) is 115 Å². The second kappa shape index (κ2) is 7.80. The van der Waals surface area contributed by atoms with Crippen LogP contribution in [-0.2, 0) is 28.9 Å². The predicted molar refractivity (Wildman–Crippen MR) is 108 cm³/mol. The Balaban J connectivity index is 1.75. The van der Waals surface area contributed by atoms with Crippen LogP contribution in [0.2, 0.25) is 0 Å². The first-order chi connectivity index (χ1) is 14.9. The Morgan fingerprint density at radius 1 is 1.34 bits per heavy atom. The summed E-state index contributed by atoms with van der Waals surface area (Å²) < 4.78 is 72.7. The highest BCUT2D eigenvalue weighted by molar-refractivity contribution is 7.91. The van der Waals surface area contributed by atoms with Crippen molar-refractivity contribution in [3.05, 3.63) is 34.5 Å². The zero-order valence-electron chi connectivity index (χ0n) is 17.4. The molecule has 0 aliphatic heterocycles. The molecule has 0 saturated heterocycles. The van der Waals surface area contributed by atoms with Gasteiger partial charge in [0.05, 0.1) is 11.9 Å². The third-order valence-electron chi connectivity index (χ3n) is 5.43. The van der Waals surface area contributed by atoms with Gasteiger partial charge in [0, 0.05) is 17.3 Å². The highest BCUT2D eigenvalue weighted by Crippen LogP contribution is 2.50. The smallest absolute Gasteiger partial charge is 0.305 e. The van der Waals surface area contributed by atoms with E-state index >= 15 is 0 Å². The van der Waals surface area contributed by atoms with Crippen LogP contribution >= 0.6 is 0 Å². The standard InChI is InChI=1S/C19H22F4N6O2S/c1-9(2)29-8-12(20)17(27-29)32(24,31)28-18(30)26-15-11-4-3-5-13(11)25-16(19(21,22)23)14(15)10-6-7-10/h8-10H,3-7H2,1-2H3,(H3,24,25,26,28,30,31). The van der Waals surface area contributed by atoms with E-state index in [2.05, 4.69) is 19.8 Å². The number of pyridine rings is 1. The number of nitrogens with one attached hydrogen (secondary N) is 1. The molecule has 0 spiro atoms. The average Bonchev–Trinajstić information content (AvgIpc) is 3.23. The third kappa shape index (κ3) is 4.22. The SMILES string of the molecule is CC(C)n1cc(F)c(S(N)(=O)=NC(=O)Nc2c3c(nc(C(F)(F)F)c2C2CC2)CCC3)n1. The zero-order valence-corrected chi connectivity index (χ0v) is 18.2. The monoisotopic (exact) mass is 474 g/mol. The number of hydrogen-bond donors (Lipinski definition) is 2. The van der Waals surface area contributed by atoms with Gasteiger partial charge in [-0.15, -0.1) is 4.36 Å². The van der Waals surface area contributed by atoms with Crippen LogP contribution in [0.1, 0.15) is 67.6 Å². The fourth-order valence-electron chi connectivity index (χ4n) is 3.84. The number of carbonyl (C=O) groups is 1. The molecule has 2 aromatic heterocycles. The van der Waals surface area contributed by atoms with Gasteiger partial charge in [-0.05, 0) is 57.4 Å². The Morgan fingerprint density at radius 3 is 2.59 bits per heavy atom. The van der Waals surface area contributed by atoms with E-state index in [9.17, 15) is 26.6 Å². The normalized spacial score (nSPS) is 17.9. The lowest BCUT2D eigenvalue weighted by Crippen LogP contribution is -2.22. The molecule has 8 nitrogen and oxygen atoms in total. The molecule has 174 valence electrons. The first kappa shape index (κ1) is 22.6. The van der Waals surface area contributed by atoms with Crippen LogP contribution in [0.4, 0.5) is 28.0 Å². The Morgan fingerprint density at radius 2 is 2.03 bits per heavy atom. The van der Waals surface area contributed by atoms with Crippen molar-refractivity contribution in [3.8, 4) is 0 Å². The number of halogens is 4. The minimum atomic E-state index is -4.69. The van der Waals surface area contributed by atoms with E-state index in [-0.39, 0.29) is 28.9 Å². The Labute approximate surface area is 181 Å². The second-order valence-corrected chi connectivity index (χ2v) is 9.95. The minimum Gasteiger partial charge on any atom is -0.305 e. The molecule has 2 aliphatic carbocycles. The summed E-state index contributed by atoms with van der Waals surface area (Å²) in [6.45, 7) is 3.42. The van der Waals surface area contributed by atoms with Gasteiger partial charge in [-0.25, -0.2) is 23.5 Å². The molecule has 1 unspecified atom stereocenters. The molecule has 1 atom stereocenters. The molecular weight excluding hydrogens is 452 g/mol. The first-order valence-electron chi connectivity index (χ1n) is 10.1. The number of urea groups is 1. The second-order valence-electron chi connectivity index (χ2n) is 8.25. The van der Waals surface area contributed by atoms with Crippen molar-refractivity contribution in [1.29, 1.82) is 0 Å². The van der Waals surface area contributed by atoms with Gasteiger partial charge in [-0.2, -0.15) is 18.3 Å². The largest absolute Gasteiger partial charge is 0.433 e. The fraction of sp³-hybridized carbons (Fsp3) is 0.526. The molecule has 32 heavy (non-hydrogen) atoms. The van der Waals surface area contributed by atoms with Gasteiger partial charge < -0.3 is 5.32 Å². The predicted octanol–water partition coefficient (Wildman–Crippen LogP) is 4.32. The van der Waals surface area contributed by atoms with E-state index in [1.54, 1.807) is 13.8 Å². The molecule has 1 fully saturated rings. The summed E-state index contributed by atoms with van der Waals surface area (Å²) in [5.74, 6) is -1.38. The lowest BCUT2D eigenvalue weighted by atomic mass is 10.00. The van der Waals surface area contributed by atoms with E-state index in [1.807, 2.05) is 0 Å². The van der Waals surface area contributed by atoms with Gasteiger partial charge in [-0.3, -0.25) is 4.68 Å². The number of aryl methyl sites for hydroxylation is 1. The molecule has 4 rings (SSSR count). The van der Waals surface area contributed by atoms with E-state index in [0.717, 1.165) is 6.20 Å². The van der Waals surface area contributed by atoms with Crippen LogP contribution in [0.15, 0.2) is 15.6 Å². The Kier molecular flexibility index (Phi) is 5.52. The Bertz CT molecular complexity index is 1210. The van der Waals surface area contributed by atoms with Crippen molar-refractivity contribution >= 4 is 21.6 Å². The third-order valence-corrected chi connectivity index (χ3v) is 6.70. The number of anilines is 1.